The summed E-state index contributed by atoms with van der Waals surface area (Å²) >= 11 is 0. The van der Waals surface area contributed by atoms with E-state index in [9.17, 15) is 9.00 Å². The standard InChI is InChI=1S/C19H23NO3S/c1-14-8-7-9-16(12-14)24(22)13-19(21)20(3)15(2)17-10-5-6-11-18(17)23-4/h5-12,15H,13H2,1-4H3/t15-,24-/m0/s1. The highest BCUT2D eigenvalue weighted by molar-refractivity contribution is 7.85. The molecule has 2 atom stereocenters. The molecule has 0 radical (unpaired) electrons. The number of rotatable bonds is 6. The molecule has 0 aliphatic rings. The van der Waals surface area contributed by atoms with E-state index >= 15 is 0 Å². The minimum Gasteiger partial charge on any atom is -0.496 e. The van der Waals surface area contributed by atoms with Gasteiger partial charge in [-0.25, -0.2) is 0 Å². The average Bonchev–Trinajstić information content (AvgIpc) is 2.60. The number of hydrogen-bond acceptors (Lipinski definition) is 3. The highest BCUT2D eigenvalue weighted by Gasteiger charge is 2.22. The molecule has 2 aromatic carbocycles. The molecule has 2 aromatic rings. The lowest BCUT2D eigenvalue weighted by molar-refractivity contribution is -0.129. The third-order valence-electron chi connectivity index (χ3n) is 4.07. The molecular formula is C19H23NO3S. The molecule has 24 heavy (non-hydrogen) atoms. The van der Waals surface area contributed by atoms with Gasteiger partial charge in [-0.1, -0.05) is 30.3 Å². The number of amides is 1. The first-order chi connectivity index (χ1) is 11.4. The molecule has 0 heterocycles. The lowest BCUT2D eigenvalue weighted by atomic mass is 10.1. The molecule has 0 aliphatic carbocycles. The molecule has 2 rings (SSSR count). The maximum atomic E-state index is 12.5. The maximum absolute atomic E-state index is 12.5. The Kier molecular flexibility index (Phi) is 6.15. The van der Waals surface area contributed by atoms with Gasteiger partial charge in [0.2, 0.25) is 5.91 Å². The van der Waals surface area contributed by atoms with Crippen LogP contribution in [0.15, 0.2) is 53.4 Å². The largest absolute Gasteiger partial charge is 0.496 e. The fourth-order valence-corrected chi connectivity index (χ4v) is 3.63. The number of benzene rings is 2. The van der Waals surface area contributed by atoms with Crippen LogP contribution in [-0.2, 0) is 15.6 Å². The minimum absolute atomic E-state index is 0.0283. The molecular weight excluding hydrogens is 322 g/mol. The van der Waals surface area contributed by atoms with Crippen LogP contribution in [0.3, 0.4) is 0 Å². The zero-order valence-corrected chi connectivity index (χ0v) is 15.3. The summed E-state index contributed by atoms with van der Waals surface area (Å²) in [7, 11) is 1.99. The Balaban J connectivity index is 2.10. The Bertz CT molecular complexity index is 745. The minimum atomic E-state index is -1.35. The van der Waals surface area contributed by atoms with Gasteiger partial charge in [0.25, 0.3) is 0 Å². The van der Waals surface area contributed by atoms with Crippen LogP contribution in [0.1, 0.15) is 24.1 Å². The molecule has 0 spiro atoms. The van der Waals surface area contributed by atoms with Crippen molar-refractivity contribution in [2.45, 2.75) is 24.8 Å². The van der Waals surface area contributed by atoms with Crippen molar-refractivity contribution in [2.75, 3.05) is 19.9 Å². The van der Waals surface area contributed by atoms with Crippen molar-refractivity contribution in [3.05, 3.63) is 59.7 Å². The van der Waals surface area contributed by atoms with Crippen LogP contribution >= 0.6 is 0 Å². The Hall–Kier alpha value is -2.14. The summed E-state index contributed by atoms with van der Waals surface area (Å²) in [5.74, 6) is 0.553. The molecule has 4 nitrogen and oxygen atoms in total. The van der Waals surface area contributed by atoms with Crippen molar-refractivity contribution >= 4 is 16.7 Å². The molecule has 1 amide bonds. The van der Waals surface area contributed by atoms with Gasteiger partial charge in [0.1, 0.15) is 11.5 Å². The van der Waals surface area contributed by atoms with Crippen molar-refractivity contribution in [1.82, 2.24) is 4.90 Å². The predicted octanol–water partition coefficient (Wildman–Crippen LogP) is 3.33. The number of carbonyl (C=O) groups excluding carboxylic acids is 1. The highest BCUT2D eigenvalue weighted by atomic mass is 32.2. The maximum Gasteiger partial charge on any atom is 0.235 e. The zero-order chi connectivity index (χ0) is 17.7. The van der Waals surface area contributed by atoms with Crippen LogP contribution in [0.5, 0.6) is 5.75 Å². The highest BCUT2D eigenvalue weighted by Crippen LogP contribution is 2.28. The zero-order valence-electron chi connectivity index (χ0n) is 14.5. The average molecular weight is 345 g/mol. The van der Waals surface area contributed by atoms with Crippen molar-refractivity contribution in [2.24, 2.45) is 0 Å². The van der Waals surface area contributed by atoms with Crippen molar-refractivity contribution in [1.29, 1.82) is 0 Å². The number of hydrogen-bond donors (Lipinski definition) is 0. The molecule has 0 aromatic heterocycles. The van der Waals surface area contributed by atoms with Gasteiger partial charge in [-0.15, -0.1) is 0 Å². The molecule has 5 heteroatoms. The number of para-hydroxylation sites is 1. The third kappa shape index (κ3) is 4.23. The van der Waals surface area contributed by atoms with Crippen LogP contribution in [0.4, 0.5) is 0 Å². The van der Waals surface area contributed by atoms with E-state index in [2.05, 4.69) is 0 Å². The van der Waals surface area contributed by atoms with Crippen LogP contribution in [0, 0.1) is 6.92 Å². The van der Waals surface area contributed by atoms with E-state index in [4.69, 9.17) is 4.74 Å². The van der Waals surface area contributed by atoms with Gasteiger partial charge in [-0.2, -0.15) is 0 Å². The normalized spacial score (nSPS) is 13.2. The van der Waals surface area contributed by atoms with Gasteiger partial charge in [0, 0.05) is 17.5 Å². The molecule has 0 saturated carbocycles. The number of nitrogens with zero attached hydrogens (tertiary/aromatic N) is 1. The lowest BCUT2D eigenvalue weighted by Gasteiger charge is -2.26. The van der Waals surface area contributed by atoms with Crippen LogP contribution in [0.2, 0.25) is 0 Å². The number of aryl methyl sites for hydroxylation is 1. The Morgan fingerprint density at radius 3 is 2.58 bits per heavy atom. The first-order valence-electron chi connectivity index (χ1n) is 7.77. The fourth-order valence-electron chi connectivity index (χ4n) is 2.49. The van der Waals surface area contributed by atoms with Crippen molar-refractivity contribution < 1.29 is 13.7 Å². The second-order valence-corrected chi connectivity index (χ2v) is 7.18. The SMILES string of the molecule is COc1ccccc1[C@H](C)N(C)C(=O)C[S@](=O)c1cccc(C)c1. The summed E-state index contributed by atoms with van der Waals surface area (Å²) in [5, 5.41) is 0. The third-order valence-corrected chi connectivity index (χ3v) is 5.36. The Morgan fingerprint density at radius 1 is 1.21 bits per heavy atom. The topological polar surface area (TPSA) is 46.6 Å². The van der Waals surface area contributed by atoms with Crippen molar-refractivity contribution in [3.63, 3.8) is 0 Å². The van der Waals surface area contributed by atoms with Crippen LogP contribution < -0.4 is 4.74 Å². The van der Waals surface area contributed by atoms with E-state index in [0.717, 1.165) is 16.9 Å². The first kappa shape index (κ1) is 18.2. The molecule has 0 unspecified atom stereocenters. The molecule has 0 fully saturated rings. The quantitative estimate of drug-likeness (QED) is 0.807. The van der Waals surface area contributed by atoms with Crippen molar-refractivity contribution in [3.8, 4) is 5.75 Å². The Morgan fingerprint density at radius 2 is 1.92 bits per heavy atom. The summed E-state index contributed by atoms with van der Waals surface area (Å²) < 4.78 is 17.8. The van der Waals surface area contributed by atoms with Gasteiger partial charge in [-0.3, -0.25) is 9.00 Å². The van der Waals surface area contributed by atoms with E-state index in [1.807, 2.05) is 56.3 Å². The van der Waals surface area contributed by atoms with Gasteiger partial charge in [-0.05, 0) is 37.6 Å². The van der Waals surface area contributed by atoms with Crippen LogP contribution in [0.25, 0.3) is 0 Å². The second-order valence-electron chi connectivity index (χ2n) is 5.73. The molecule has 128 valence electrons. The summed E-state index contributed by atoms with van der Waals surface area (Å²) in [6, 6.07) is 14.9. The van der Waals surface area contributed by atoms with Gasteiger partial charge < -0.3 is 9.64 Å². The van der Waals surface area contributed by atoms with Crippen LogP contribution in [-0.4, -0.2) is 34.9 Å². The summed E-state index contributed by atoms with van der Waals surface area (Å²) in [5.41, 5.74) is 1.96. The van der Waals surface area contributed by atoms with E-state index in [0.29, 0.717) is 4.90 Å². The summed E-state index contributed by atoms with van der Waals surface area (Å²) in [6.45, 7) is 3.88. The van der Waals surface area contributed by atoms with E-state index in [-0.39, 0.29) is 17.7 Å². The molecule has 0 N–H and O–H groups in total. The molecule has 0 saturated heterocycles. The summed E-state index contributed by atoms with van der Waals surface area (Å²) in [6.07, 6.45) is 0. The van der Waals surface area contributed by atoms with E-state index in [1.54, 1.807) is 25.1 Å². The summed E-state index contributed by atoms with van der Waals surface area (Å²) in [4.78, 5) is 14.8. The van der Waals surface area contributed by atoms with E-state index in [1.165, 1.54) is 0 Å². The number of ether oxygens (including phenoxy) is 1. The van der Waals surface area contributed by atoms with E-state index < -0.39 is 10.8 Å². The van der Waals surface area contributed by atoms with Gasteiger partial charge >= 0.3 is 0 Å². The van der Waals surface area contributed by atoms with Gasteiger partial charge in [0.05, 0.1) is 24.0 Å². The molecule has 0 aliphatic heterocycles. The number of methoxy groups -OCH3 is 1. The first-order valence-corrected chi connectivity index (χ1v) is 9.09. The van der Waals surface area contributed by atoms with Gasteiger partial charge in [0.15, 0.2) is 0 Å². The second kappa shape index (κ2) is 8.11. The number of carbonyl (C=O) groups is 1. The lowest BCUT2D eigenvalue weighted by Crippen LogP contribution is -2.33. The Labute approximate surface area is 145 Å². The smallest absolute Gasteiger partial charge is 0.235 e. The molecule has 0 bridgehead atoms. The fraction of sp³-hybridized carbons (Fsp3) is 0.316. The predicted molar refractivity (Wildman–Crippen MR) is 96.6 cm³/mol. The monoisotopic (exact) mass is 345 g/mol.